The molecule has 0 aliphatic rings. The molecule has 0 bridgehead atoms. The van der Waals surface area contributed by atoms with Crippen LogP contribution in [0.2, 0.25) is 0 Å². The third kappa shape index (κ3) is 4.09. The third-order valence-electron chi connectivity index (χ3n) is 3.22. The van der Waals surface area contributed by atoms with Gasteiger partial charge in [0.05, 0.1) is 4.92 Å². The first kappa shape index (κ1) is 16.2. The second kappa shape index (κ2) is 7.69. The molecular weight excluding hydrogens is 256 g/mol. The van der Waals surface area contributed by atoms with Gasteiger partial charge in [0.1, 0.15) is 11.4 Å². The average molecular weight is 280 g/mol. The van der Waals surface area contributed by atoms with Crippen LogP contribution in [0.1, 0.15) is 13.3 Å². The fourth-order valence-corrected chi connectivity index (χ4v) is 2.21. The number of nitro groups is 1. The normalized spacial score (nSPS) is 10.7. The number of benzene rings is 1. The zero-order valence-electron chi connectivity index (χ0n) is 12.7. The monoisotopic (exact) mass is 280 g/mol. The summed E-state index contributed by atoms with van der Waals surface area (Å²) in [7, 11) is 5.76. The van der Waals surface area contributed by atoms with Gasteiger partial charge in [-0.05, 0) is 46.1 Å². The van der Waals surface area contributed by atoms with E-state index in [0.717, 1.165) is 26.1 Å². The molecule has 0 aliphatic heterocycles. The summed E-state index contributed by atoms with van der Waals surface area (Å²) in [5, 5.41) is 14.2. The van der Waals surface area contributed by atoms with E-state index in [9.17, 15) is 10.1 Å². The highest BCUT2D eigenvalue weighted by Gasteiger charge is 2.22. The fourth-order valence-electron chi connectivity index (χ4n) is 2.21. The van der Waals surface area contributed by atoms with Crippen molar-refractivity contribution < 1.29 is 4.92 Å². The first-order valence-corrected chi connectivity index (χ1v) is 6.86. The summed E-state index contributed by atoms with van der Waals surface area (Å²) in [5.74, 6) is 0. The zero-order chi connectivity index (χ0) is 15.1. The van der Waals surface area contributed by atoms with Crippen LogP contribution < -0.4 is 10.2 Å². The van der Waals surface area contributed by atoms with Crippen LogP contribution in [0.15, 0.2) is 18.2 Å². The van der Waals surface area contributed by atoms with Gasteiger partial charge in [0.25, 0.3) is 0 Å². The van der Waals surface area contributed by atoms with Crippen molar-refractivity contribution in [2.75, 3.05) is 51.0 Å². The average Bonchev–Trinajstić information content (AvgIpc) is 2.42. The van der Waals surface area contributed by atoms with Gasteiger partial charge in [0.2, 0.25) is 0 Å². The van der Waals surface area contributed by atoms with Crippen LogP contribution in [0.5, 0.6) is 0 Å². The number of nitro benzene ring substituents is 1. The summed E-state index contributed by atoms with van der Waals surface area (Å²) >= 11 is 0. The number of hydrogen-bond donors (Lipinski definition) is 1. The van der Waals surface area contributed by atoms with E-state index >= 15 is 0 Å². The number of nitrogens with zero attached hydrogens (tertiary/aromatic N) is 3. The number of nitrogens with one attached hydrogen (secondary N) is 1. The van der Waals surface area contributed by atoms with E-state index in [2.05, 4.69) is 15.1 Å². The van der Waals surface area contributed by atoms with Crippen LogP contribution in [0.3, 0.4) is 0 Å². The lowest BCUT2D eigenvalue weighted by atomic mass is 10.2. The second-order valence-electron chi connectivity index (χ2n) is 4.92. The van der Waals surface area contributed by atoms with Gasteiger partial charge in [-0.3, -0.25) is 10.1 Å². The van der Waals surface area contributed by atoms with Crippen LogP contribution in [-0.2, 0) is 0 Å². The van der Waals surface area contributed by atoms with Crippen molar-refractivity contribution in [3.8, 4) is 0 Å². The molecule has 0 atom stereocenters. The number of rotatable bonds is 8. The van der Waals surface area contributed by atoms with Gasteiger partial charge in [-0.15, -0.1) is 0 Å². The van der Waals surface area contributed by atoms with Gasteiger partial charge in [-0.2, -0.15) is 0 Å². The largest absolute Gasteiger partial charge is 0.382 e. The maximum absolute atomic E-state index is 11.3. The molecule has 0 fully saturated rings. The van der Waals surface area contributed by atoms with Crippen molar-refractivity contribution in [1.29, 1.82) is 0 Å². The Labute approximate surface area is 120 Å². The van der Waals surface area contributed by atoms with E-state index in [4.69, 9.17) is 0 Å². The first-order valence-electron chi connectivity index (χ1n) is 6.86. The summed E-state index contributed by atoms with van der Waals surface area (Å²) in [6.07, 6.45) is 0.974. The summed E-state index contributed by atoms with van der Waals surface area (Å²) in [6, 6.07) is 5.40. The Morgan fingerprint density at radius 3 is 2.50 bits per heavy atom. The fraction of sp³-hybridized carbons (Fsp3) is 0.571. The molecule has 0 saturated heterocycles. The quantitative estimate of drug-likeness (QED) is 0.585. The van der Waals surface area contributed by atoms with Gasteiger partial charge in [-0.25, -0.2) is 0 Å². The minimum atomic E-state index is -0.310. The smallest absolute Gasteiger partial charge is 0.315 e. The van der Waals surface area contributed by atoms with Crippen molar-refractivity contribution in [3.05, 3.63) is 28.3 Å². The Kier molecular flexibility index (Phi) is 6.24. The van der Waals surface area contributed by atoms with E-state index < -0.39 is 0 Å². The SMILES string of the molecule is CCN(CCCN(C)C)c1cccc(NC)c1[N+](=O)[O-]. The second-order valence-corrected chi connectivity index (χ2v) is 4.92. The molecule has 1 aromatic rings. The number of hydrogen-bond acceptors (Lipinski definition) is 5. The van der Waals surface area contributed by atoms with E-state index in [-0.39, 0.29) is 10.6 Å². The topological polar surface area (TPSA) is 61.6 Å². The van der Waals surface area contributed by atoms with Gasteiger partial charge in [-0.1, -0.05) is 6.07 Å². The maximum atomic E-state index is 11.3. The van der Waals surface area contributed by atoms with Gasteiger partial charge in [0.15, 0.2) is 0 Å². The molecule has 0 amide bonds. The standard InChI is InChI=1S/C14H24N4O2/c1-5-17(11-7-10-16(3)4)13-9-6-8-12(15-2)14(13)18(19)20/h6,8-9,15H,5,7,10-11H2,1-4H3. The molecule has 6 heteroatoms. The summed E-state index contributed by atoms with van der Waals surface area (Å²) in [6.45, 7) is 4.55. The molecule has 0 aliphatic carbocycles. The highest BCUT2D eigenvalue weighted by Crippen LogP contribution is 2.35. The molecule has 1 N–H and O–H groups in total. The Morgan fingerprint density at radius 1 is 1.30 bits per heavy atom. The van der Waals surface area contributed by atoms with Crippen molar-refractivity contribution in [2.45, 2.75) is 13.3 Å². The molecule has 0 aromatic heterocycles. The molecule has 0 radical (unpaired) electrons. The van der Waals surface area contributed by atoms with Gasteiger partial charge >= 0.3 is 5.69 Å². The molecule has 0 saturated carbocycles. The predicted molar refractivity (Wildman–Crippen MR) is 83.7 cm³/mol. The van der Waals surface area contributed by atoms with Gasteiger partial charge in [0, 0.05) is 20.1 Å². The van der Waals surface area contributed by atoms with Crippen LogP contribution in [0.25, 0.3) is 0 Å². The molecule has 0 heterocycles. The third-order valence-corrected chi connectivity index (χ3v) is 3.22. The van der Waals surface area contributed by atoms with Crippen LogP contribution in [-0.4, -0.2) is 50.6 Å². The van der Waals surface area contributed by atoms with Crippen LogP contribution in [0, 0.1) is 10.1 Å². The molecule has 1 rings (SSSR count). The lowest BCUT2D eigenvalue weighted by Crippen LogP contribution is -2.27. The molecule has 1 aromatic carbocycles. The molecule has 112 valence electrons. The Morgan fingerprint density at radius 2 is 2.00 bits per heavy atom. The Hall–Kier alpha value is -1.82. The van der Waals surface area contributed by atoms with Crippen molar-refractivity contribution in [2.24, 2.45) is 0 Å². The molecule has 6 nitrogen and oxygen atoms in total. The lowest BCUT2D eigenvalue weighted by Gasteiger charge is -2.24. The minimum absolute atomic E-state index is 0.154. The Bertz CT molecular complexity index is 449. The lowest BCUT2D eigenvalue weighted by molar-refractivity contribution is -0.383. The van der Waals surface area contributed by atoms with Crippen molar-refractivity contribution in [1.82, 2.24) is 4.90 Å². The van der Waals surface area contributed by atoms with Crippen LogP contribution >= 0.6 is 0 Å². The molecular formula is C14H24N4O2. The van der Waals surface area contributed by atoms with Crippen molar-refractivity contribution in [3.63, 3.8) is 0 Å². The van der Waals surface area contributed by atoms with E-state index in [1.165, 1.54) is 0 Å². The highest BCUT2D eigenvalue weighted by molar-refractivity contribution is 5.76. The number of para-hydroxylation sites is 1. The zero-order valence-corrected chi connectivity index (χ0v) is 12.7. The summed E-state index contributed by atoms with van der Waals surface area (Å²) < 4.78 is 0. The molecule has 20 heavy (non-hydrogen) atoms. The Balaban J connectivity index is 2.99. The van der Waals surface area contributed by atoms with E-state index in [1.807, 2.05) is 33.2 Å². The molecule has 0 unspecified atom stereocenters. The minimum Gasteiger partial charge on any atom is -0.382 e. The van der Waals surface area contributed by atoms with E-state index in [1.54, 1.807) is 13.1 Å². The van der Waals surface area contributed by atoms with Crippen molar-refractivity contribution >= 4 is 17.1 Å². The summed E-state index contributed by atoms with van der Waals surface area (Å²) in [4.78, 5) is 15.2. The van der Waals surface area contributed by atoms with E-state index in [0.29, 0.717) is 11.4 Å². The maximum Gasteiger partial charge on any atom is 0.315 e. The predicted octanol–water partition coefficient (Wildman–Crippen LogP) is 2.41. The highest BCUT2D eigenvalue weighted by atomic mass is 16.6. The first-order chi connectivity index (χ1) is 9.51. The molecule has 0 spiro atoms. The number of anilines is 2. The van der Waals surface area contributed by atoms with Gasteiger partial charge < -0.3 is 15.1 Å². The summed E-state index contributed by atoms with van der Waals surface area (Å²) in [5.41, 5.74) is 1.39. The van der Waals surface area contributed by atoms with Crippen LogP contribution in [0.4, 0.5) is 17.1 Å².